The zero-order valence-corrected chi connectivity index (χ0v) is 11.3. The fraction of sp³-hybridized carbons (Fsp3) is 0.0833. The summed E-state index contributed by atoms with van der Waals surface area (Å²) in [5, 5.41) is 11.0. The monoisotopic (exact) mass is 311 g/mol. The van der Waals surface area contributed by atoms with Gasteiger partial charge in [0.25, 0.3) is 5.91 Å². The van der Waals surface area contributed by atoms with Crippen LogP contribution in [0.15, 0.2) is 34.9 Å². The van der Waals surface area contributed by atoms with Crippen molar-refractivity contribution in [2.75, 3.05) is 0 Å². The maximum atomic E-state index is 11.5. The van der Waals surface area contributed by atoms with Gasteiger partial charge in [-0.25, -0.2) is 5.84 Å². The summed E-state index contributed by atoms with van der Waals surface area (Å²) in [6, 6.07) is 5.56. The largest absolute Gasteiger partial charge is 0.478 e. The molecule has 0 saturated carbocycles. The normalized spacial score (nSPS) is 10.2. The standard InChI is InChI=1S/C12H10ClN3O5/c13-8-2-1-3-9(16(18)19)11(8)21-6-10-7(4-5-20-10)12(17)15-14/h1-5H,6,14H2,(H,15,17). The van der Waals surface area contributed by atoms with Crippen LogP contribution in [0.1, 0.15) is 16.1 Å². The van der Waals surface area contributed by atoms with Gasteiger partial charge >= 0.3 is 5.69 Å². The number of furan rings is 1. The van der Waals surface area contributed by atoms with Gasteiger partial charge in [-0.2, -0.15) is 0 Å². The quantitative estimate of drug-likeness (QED) is 0.377. The molecule has 1 aromatic heterocycles. The van der Waals surface area contributed by atoms with E-state index in [4.69, 9.17) is 26.6 Å². The van der Waals surface area contributed by atoms with Gasteiger partial charge in [0, 0.05) is 6.07 Å². The smallest absolute Gasteiger partial charge is 0.312 e. The van der Waals surface area contributed by atoms with E-state index in [0.29, 0.717) is 0 Å². The summed E-state index contributed by atoms with van der Waals surface area (Å²) in [5.41, 5.74) is 1.85. The first-order valence-corrected chi connectivity index (χ1v) is 6.05. The van der Waals surface area contributed by atoms with Crippen LogP contribution in [0.2, 0.25) is 5.02 Å². The van der Waals surface area contributed by atoms with Crippen LogP contribution in [0.5, 0.6) is 5.75 Å². The van der Waals surface area contributed by atoms with Crippen molar-refractivity contribution >= 4 is 23.2 Å². The molecule has 0 radical (unpaired) electrons. The molecular weight excluding hydrogens is 302 g/mol. The molecule has 1 aromatic carbocycles. The highest BCUT2D eigenvalue weighted by molar-refractivity contribution is 6.32. The number of nitro groups is 1. The average Bonchev–Trinajstić information content (AvgIpc) is 2.93. The van der Waals surface area contributed by atoms with Crippen molar-refractivity contribution in [3.05, 3.63) is 57.0 Å². The van der Waals surface area contributed by atoms with Gasteiger partial charge in [-0.3, -0.25) is 20.3 Å². The summed E-state index contributed by atoms with van der Waals surface area (Å²) < 4.78 is 10.4. The van der Waals surface area contributed by atoms with Crippen LogP contribution in [0.3, 0.4) is 0 Å². The van der Waals surface area contributed by atoms with Crippen LogP contribution in [0.25, 0.3) is 0 Å². The number of nitro benzene ring substituents is 1. The molecule has 21 heavy (non-hydrogen) atoms. The molecule has 110 valence electrons. The Labute approximate surface area is 123 Å². The zero-order chi connectivity index (χ0) is 15.4. The summed E-state index contributed by atoms with van der Waals surface area (Å²) in [6.07, 6.45) is 1.28. The Morgan fingerprint density at radius 1 is 1.48 bits per heavy atom. The van der Waals surface area contributed by atoms with Gasteiger partial charge in [0.05, 0.1) is 21.8 Å². The molecule has 0 bridgehead atoms. The highest BCUT2D eigenvalue weighted by atomic mass is 35.5. The van der Waals surface area contributed by atoms with Crippen LogP contribution in [0.4, 0.5) is 5.69 Å². The predicted molar refractivity (Wildman–Crippen MR) is 72.8 cm³/mol. The summed E-state index contributed by atoms with van der Waals surface area (Å²) in [4.78, 5) is 21.8. The summed E-state index contributed by atoms with van der Waals surface area (Å²) >= 11 is 5.88. The van der Waals surface area contributed by atoms with Crippen LogP contribution in [-0.2, 0) is 6.61 Å². The van der Waals surface area contributed by atoms with Crippen LogP contribution in [-0.4, -0.2) is 10.8 Å². The van der Waals surface area contributed by atoms with E-state index in [1.54, 1.807) is 0 Å². The van der Waals surface area contributed by atoms with Crippen molar-refractivity contribution in [2.24, 2.45) is 5.84 Å². The first-order valence-electron chi connectivity index (χ1n) is 5.67. The number of benzene rings is 1. The molecule has 0 aliphatic heterocycles. The fourth-order valence-corrected chi connectivity index (χ4v) is 1.88. The lowest BCUT2D eigenvalue weighted by Gasteiger charge is -2.08. The van der Waals surface area contributed by atoms with E-state index >= 15 is 0 Å². The number of carbonyl (C=O) groups excluding carboxylic acids is 1. The molecule has 0 aliphatic rings. The Kier molecular flexibility index (Phi) is 4.41. The van der Waals surface area contributed by atoms with Crippen LogP contribution >= 0.6 is 11.6 Å². The van der Waals surface area contributed by atoms with Gasteiger partial charge in [-0.15, -0.1) is 0 Å². The number of hydrazine groups is 1. The number of para-hydroxylation sites is 1. The number of rotatable bonds is 5. The number of ether oxygens (including phenoxy) is 1. The number of carbonyl (C=O) groups is 1. The van der Waals surface area contributed by atoms with Gasteiger partial charge in [0.2, 0.25) is 5.75 Å². The van der Waals surface area contributed by atoms with Crippen LogP contribution in [0, 0.1) is 10.1 Å². The number of nitrogens with one attached hydrogen (secondary N) is 1. The molecule has 0 fully saturated rings. The molecular formula is C12H10ClN3O5. The van der Waals surface area contributed by atoms with Crippen molar-refractivity contribution in [3.63, 3.8) is 0 Å². The Morgan fingerprint density at radius 3 is 2.90 bits per heavy atom. The van der Waals surface area contributed by atoms with E-state index in [-0.39, 0.29) is 34.4 Å². The molecule has 9 heteroatoms. The molecule has 3 N–H and O–H groups in total. The second kappa shape index (κ2) is 6.25. The van der Waals surface area contributed by atoms with Crippen molar-refractivity contribution < 1.29 is 18.9 Å². The van der Waals surface area contributed by atoms with Crippen molar-refractivity contribution in [2.45, 2.75) is 6.61 Å². The SMILES string of the molecule is NNC(=O)c1ccoc1COc1c(Cl)cccc1[N+](=O)[O-]. The van der Waals surface area contributed by atoms with Gasteiger partial charge in [0.15, 0.2) is 5.76 Å². The van der Waals surface area contributed by atoms with Gasteiger partial charge in [-0.05, 0) is 12.1 Å². The molecule has 1 amide bonds. The van der Waals surface area contributed by atoms with Gasteiger partial charge < -0.3 is 9.15 Å². The highest BCUT2D eigenvalue weighted by Crippen LogP contribution is 2.35. The number of halogens is 1. The van der Waals surface area contributed by atoms with Crippen molar-refractivity contribution in [1.82, 2.24) is 5.43 Å². The first-order chi connectivity index (χ1) is 10.0. The second-order valence-electron chi connectivity index (χ2n) is 3.86. The number of nitrogen functional groups attached to an aromatic ring is 1. The Morgan fingerprint density at radius 2 is 2.24 bits per heavy atom. The Hall–Kier alpha value is -2.58. The number of hydrogen-bond acceptors (Lipinski definition) is 6. The average molecular weight is 312 g/mol. The molecule has 1 heterocycles. The van der Waals surface area contributed by atoms with Crippen molar-refractivity contribution in [1.29, 1.82) is 0 Å². The minimum absolute atomic E-state index is 0.0839. The Balaban J connectivity index is 2.23. The molecule has 8 nitrogen and oxygen atoms in total. The topological polar surface area (TPSA) is 121 Å². The van der Waals surface area contributed by atoms with E-state index < -0.39 is 10.8 Å². The lowest BCUT2D eigenvalue weighted by atomic mass is 10.2. The summed E-state index contributed by atoms with van der Waals surface area (Å²) in [7, 11) is 0. The van der Waals surface area contributed by atoms with E-state index in [1.807, 2.05) is 5.43 Å². The molecule has 0 spiro atoms. The van der Waals surface area contributed by atoms with Crippen LogP contribution < -0.4 is 16.0 Å². The first kappa shape index (κ1) is 14.8. The van der Waals surface area contributed by atoms with E-state index in [0.717, 1.165) is 0 Å². The second-order valence-corrected chi connectivity index (χ2v) is 4.27. The molecule has 2 aromatic rings. The zero-order valence-electron chi connectivity index (χ0n) is 10.5. The highest BCUT2D eigenvalue weighted by Gasteiger charge is 2.20. The van der Waals surface area contributed by atoms with Gasteiger partial charge in [0.1, 0.15) is 6.61 Å². The molecule has 0 aliphatic carbocycles. The minimum atomic E-state index is -0.614. The number of nitrogens with two attached hydrogens (primary N) is 1. The van der Waals surface area contributed by atoms with Crippen molar-refractivity contribution in [3.8, 4) is 5.75 Å². The lowest BCUT2D eigenvalue weighted by Crippen LogP contribution is -2.30. The molecule has 0 unspecified atom stereocenters. The fourth-order valence-electron chi connectivity index (χ4n) is 1.65. The van der Waals surface area contributed by atoms with E-state index in [2.05, 4.69) is 0 Å². The third kappa shape index (κ3) is 3.12. The predicted octanol–water partition coefficient (Wildman–Crippen LogP) is 2.02. The molecule has 0 saturated heterocycles. The maximum absolute atomic E-state index is 11.5. The number of nitrogens with zero attached hydrogens (tertiary/aromatic N) is 1. The minimum Gasteiger partial charge on any atom is -0.478 e. The summed E-state index contributed by atoms with van der Waals surface area (Å²) in [5.74, 6) is 4.55. The number of amides is 1. The third-order valence-electron chi connectivity index (χ3n) is 2.61. The lowest BCUT2D eigenvalue weighted by molar-refractivity contribution is -0.385. The number of hydrogen-bond donors (Lipinski definition) is 2. The maximum Gasteiger partial charge on any atom is 0.312 e. The van der Waals surface area contributed by atoms with E-state index in [1.165, 1.54) is 30.5 Å². The molecule has 0 atom stereocenters. The Bertz CT molecular complexity index is 685. The molecule has 2 rings (SSSR count). The summed E-state index contributed by atoms with van der Waals surface area (Å²) in [6.45, 7) is -0.208. The van der Waals surface area contributed by atoms with E-state index in [9.17, 15) is 14.9 Å². The van der Waals surface area contributed by atoms with Gasteiger partial charge in [-0.1, -0.05) is 17.7 Å². The third-order valence-corrected chi connectivity index (χ3v) is 2.91.